The van der Waals surface area contributed by atoms with Crippen molar-refractivity contribution in [2.24, 2.45) is 29.1 Å². The van der Waals surface area contributed by atoms with Gasteiger partial charge >= 0.3 is 0 Å². The van der Waals surface area contributed by atoms with E-state index in [0.717, 1.165) is 29.6 Å². The fourth-order valence-electron chi connectivity index (χ4n) is 4.04. The van der Waals surface area contributed by atoms with Crippen LogP contribution in [-0.4, -0.2) is 5.78 Å². The molecule has 4 atom stereocenters. The molecular weight excluding hydrogens is 124 g/mol. The van der Waals surface area contributed by atoms with Crippen LogP contribution in [0.25, 0.3) is 0 Å². The SMILES string of the molecule is O=C1C[C@H]2[C@H]3[C@@H]1[C@H]3C21CC1. The van der Waals surface area contributed by atoms with Crippen molar-refractivity contribution in [1.82, 2.24) is 0 Å². The smallest absolute Gasteiger partial charge is 0.136 e. The molecule has 0 saturated heterocycles. The van der Waals surface area contributed by atoms with E-state index < -0.39 is 0 Å². The number of hydrogen-bond acceptors (Lipinski definition) is 1. The van der Waals surface area contributed by atoms with Crippen LogP contribution in [-0.2, 0) is 4.79 Å². The summed E-state index contributed by atoms with van der Waals surface area (Å²) in [4.78, 5) is 11.2. The first kappa shape index (κ1) is 4.53. The molecule has 10 heavy (non-hydrogen) atoms. The van der Waals surface area contributed by atoms with E-state index in [-0.39, 0.29) is 0 Å². The minimum atomic E-state index is 0.590. The monoisotopic (exact) mass is 134 g/mol. The fraction of sp³-hybridized carbons (Fsp3) is 0.889. The maximum absolute atomic E-state index is 11.2. The summed E-state index contributed by atoms with van der Waals surface area (Å²) < 4.78 is 0. The van der Waals surface area contributed by atoms with Crippen LogP contribution in [0.3, 0.4) is 0 Å². The van der Waals surface area contributed by atoms with E-state index in [1.54, 1.807) is 0 Å². The van der Waals surface area contributed by atoms with E-state index in [9.17, 15) is 4.79 Å². The van der Waals surface area contributed by atoms with E-state index in [1.165, 1.54) is 12.8 Å². The molecule has 1 nitrogen and oxygen atoms in total. The molecule has 4 rings (SSSR count). The molecule has 0 aromatic heterocycles. The van der Waals surface area contributed by atoms with Crippen LogP contribution in [0.5, 0.6) is 0 Å². The molecule has 1 spiro atoms. The summed E-state index contributed by atoms with van der Waals surface area (Å²) in [6.45, 7) is 0. The number of hydrogen-bond donors (Lipinski definition) is 0. The zero-order chi connectivity index (χ0) is 6.51. The van der Waals surface area contributed by atoms with Crippen LogP contribution in [0.15, 0.2) is 0 Å². The molecule has 52 valence electrons. The Morgan fingerprint density at radius 3 is 2.60 bits per heavy atom. The Bertz CT molecular complexity index is 251. The molecule has 4 aliphatic carbocycles. The first-order chi connectivity index (χ1) is 4.84. The maximum atomic E-state index is 11.2. The fourth-order valence-corrected chi connectivity index (χ4v) is 4.04. The van der Waals surface area contributed by atoms with Crippen LogP contribution in [0.4, 0.5) is 0 Å². The molecule has 0 aliphatic heterocycles. The second kappa shape index (κ2) is 0.910. The number of ketones is 1. The second-order valence-corrected chi connectivity index (χ2v) is 4.64. The first-order valence-corrected chi connectivity index (χ1v) is 4.37. The zero-order valence-electron chi connectivity index (χ0n) is 5.84. The van der Waals surface area contributed by atoms with Crippen molar-refractivity contribution < 1.29 is 4.79 Å². The molecule has 0 heterocycles. The molecule has 0 amide bonds. The average Bonchev–Trinajstić information content (AvgIpc) is 2.77. The van der Waals surface area contributed by atoms with Crippen molar-refractivity contribution in [3.05, 3.63) is 0 Å². The number of Topliss-reactive ketones (excluding diaryl/α,β-unsaturated/α-hetero) is 1. The molecule has 0 radical (unpaired) electrons. The van der Waals surface area contributed by atoms with Crippen molar-refractivity contribution in [3.63, 3.8) is 0 Å². The van der Waals surface area contributed by atoms with Gasteiger partial charge in [-0.2, -0.15) is 0 Å². The Morgan fingerprint density at radius 1 is 1.40 bits per heavy atom. The van der Waals surface area contributed by atoms with Crippen molar-refractivity contribution in [2.45, 2.75) is 19.3 Å². The molecule has 4 saturated carbocycles. The van der Waals surface area contributed by atoms with Gasteiger partial charge in [-0.1, -0.05) is 0 Å². The van der Waals surface area contributed by atoms with Gasteiger partial charge in [0.25, 0.3) is 0 Å². The van der Waals surface area contributed by atoms with Crippen LogP contribution in [0.1, 0.15) is 19.3 Å². The van der Waals surface area contributed by atoms with Crippen molar-refractivity contribution >= 4 is 5.78 Å². The minimum absolute atomic E-state index is 0.590. The van der Waals surface area contributed by atoms with E-state index in [1.807, 2.05) is 0 Å². The lowest BCUT2D eigenvalue weighted by Gasteiger charge is -2.36. The minimum Gasteiger partial charge on any atom is -0.299 e. The normalized spacial score (nSPS) is 63.8. The van der Waals surface area contributed by atoms with E-state index in [0.29, 0.717) is 11.7 Å². The van der Waals surface area contributed by atoms with Gasteiger partial charge in [-0.05, 0) is 36.0 Å². The lowest BCUT2D eigenvalue weighted by atomic mass is 9.68. The molecule has 0 N–H and O–H groups in total. The van der Waals surface area contributed by atoms with Gasteiger partial charge < -0.3 is 0 Å². The van der Waals surface area contributed by atoms with Crippen molar-refractivity contribution in [1.29, 1.82) is 0 Å². The highest BCUT2D eigenvalue weighted by molar-refractivity contribution is 5.90. The van der Waals surface area contributed by atoms with Gasteiger partial charge in [-0.15, -0.1) is 0 Å². The molecular formula is C9H10O. The summed E-state index contributed by atoms with van der Waals surface area (Å²) in [7, 11) is 0. The number of carbonyl (C=O) groups is 1. The average molecular weight is 134 g/mol. The van der Waals surface area contributed by atoms with Crippen LogP contribution >= 0.6 is 0 Å². The quantitative estimate of drug-likeness (QED) is 0.487. The summed E-state index contributed by atoms with van der Waals surface area (Å²) >= 11 is 0. The third-order valence-electron chi connectivity index (χ3n) is 4.56. The number of carbonyl (C=O) groups excluding carboxylic acids is 1. The zero-order valence-corrected chi connectivity index (χ0v) is 5.84. The molecule has 0 bridgehead atoms. The standard InChI is InChI=1S/C9H10O/c10-5-3-4-6-7(5)8(6)9(4)1-2-9/h4,6-8H,1-3H2/t4-,6-,7+,8-/m0/s1. The predicted octanol–water partition coefficient (Wildman–Crippen LogP) is 1.23. The van der Waals surface area contributed by atoms with Gasteiger partial charge in [0, 0.05) is 12.3 Å². The highest BCUT2D eigenvalue weighted by atomic mass is 16.1. The van der Waals surface area contributed by atoms with Gasteiger partial charge in [0.05, 0.1) is 0 Å². The van der Waals surface area contributed by atoms with E-state index >= 15 is 0 Å². The van der Waals surface area contributed by atoms with E-state index in [2.05, 4.69) is 0 Å². The van der Waals surface area contributed by atoms with Crippen molar-refractivity contribution in [2.75, 3.05) is 0 Å². The Hall–Kier alpha value is -0.330. The highest BCUT2D eigenvalue weighted by Crippen LogP contribution is 2.88. The maximum Gasteiger partial charge on any atom is 0.136 e. The largest absolute Gasteiger partial charge is 0.299 e. The Kier molecular flexibility index (Phi) is 0.412. The lowest BCUT2D eigenvalue weighted by molar-refractivity contribution is -0.122. The lowest BCUT2D eigenvalue weighted by Crippen LogP contribution is -2.33. The third kappa shape index (κ3) is 0.228. The van der Waals surface area contributed by atoms with E-state index in [4.69, 9.17) is 0 Å². The summed E-state index contributed by atoms with van der Waals surface area (Å²) in [6, 6.07) is 0. The van der Waals surface area contributed by atoms with Crippen LogP contribution < -0.4 is 0 Å². The summed E-state index contributed by atoms with van der Waals surface area (Å²) in [5.41, 5.74) is 0.781. The van der Waals surface area contributed by atoms with Gasteiger partial charge in [0.2, 0.25) is 0 Å². The second-order valence-electron chi connectivity index (χ2n) is 4.64. The Labute approximate surface area is 59.8 Å². The summed E-state index contributed by atoms with van der Waals surface area (Å²) in [5, 5.41) is 0. The van der Waals surface area contributed by atoms with Crippen molar-refractivity contribution in [3.8, 4) is 0 Å². The van der Waals surface area contributed by atoms with Gasteiger partial charge in [0.1, 0.15) is 5.78 Å². The topological polar surface area (TPSA) is 17.1 Å². The Balaban J connectivity index is 1.87. The van der Waals surface area contributed by atoms with Gasteiger partial charge in [-0.25, -0.2) is 0 Å². The number of fused-ring (bicyclic) bond motifs is 3. The third-order valence-corrected chi connectivity index (χ3v) is 4.56. The first-order valence-electron chi connectivity index (χ1n) is 4.37. The molecule has 4 aliphatic rings. The predicted molar refractivity (Wildman–Crippen MR) is 35.3 cm³/mol. The van der Waals surface area contributed by atoms with Crippen LogP contribution in [0.2, 0.25) is 0 Å². The molecule has 0 aromatic rings. The van der Waals surface area contributed by atoms with Crippen LogP contribution in [0, 0.1) is 29.1 Å². The highest BCUT2D eigenvalue weighted by Gasteiger charge is 2.85. The Morgan fingerprint density at radius 2 is 2.20 bits per heavy atom. The molecule has 1 heteroatoms. The summed E-state index contributed by atoms with van der Waals surface area (Å²) in [6.07, 6.45) is 3.89. The molecule has 0 aromatic carbocycles. The summed E-state index contributed by atoms with van der Waals surface area (Å²) in [5.74, 6) is 3.91. The molecule has 0 unspecified atom stereocenters. The van der Waals surface area contributed by atoms with Gasteiger partial charge in [-0.3, -0.25) is 4.79 Å². The number of rotatable bonds is 0. The molecule has 4 fully saturated rings. The van der Waals surface area contributed by atoms with Gasteiger partial charge in [0.15, 0.2) is 0 Å².